The van der Waals surface area contributed by atoms with Crippen molar-refractivity contribution in [3.63, 3.8) is 0 Å². The molecule has 0 radical (unpaired) electrons. The van der Waals surface area contributed by atoms with Crippen molar-refractivity contribution >= 4 is 15.9 Å². The molecule has 7 heteroatoms. The Morgan fingerprint density at radius 3 is 2.81 bits per heavy atom. The molecule has 0 saturated heterocycles. The molecule has 16 heavy (non-hydrogen) atoms. The molecule has 3 N–H and O–H groups in total. The van der Waals surface area contributed by atoms with Gasteiger partial charge in [0.25, 0.3) is 5.91 Å². The highest BCUT2D eigenvalue weighted by atomic mass is 32.2. The molecule has 0 aliphatic carbocycles. The second-order valence-electron chi connectivity index (χ2n) is 3.13. The normalized spacial score (nSPS) is 11.1. The van der Waals surface area contributed by atoms with E-state index in [1.54, 1.807) is 6.07 Å². The highest BCUT2D eigenvalue weighted by Gasteiger charge is 2.15. The fourth-order valence-corrected chi connectivity index (χ4v) is 2.07. The Morgan fingerprint density at radius 1 is 1.50 bits per heavy atom. The largest absolute Gasteiger partial charge is 0.330 e. The average molecular weight is 243 g/mol. The van der Waals surface area contributed by atoms with Gasteiger partial charge in [0.2, 0.25) is 10.0 Å². The molecule has 0 spiro atoms. The summed E-state index contributed by atoms with van der Waals surface area (Å²) in [7, 11) is -3.60. The molecule has 0 aromatic carbocycles. The van der Waals surface area contributed by atoms with E-state index in [0.29, 0.717) is 6.42 Å². The lowest BCUT2D eigenvalue weighted by molar-refractivity contribution is 0.0981. The van der Waals surface area contributed by atoms with E-state index >= 15 is 0 Å². The standard InChI is InChI=1S/C9H13N3O3S/c10-4-2-6-16(14,15)12-9(13)8-3-1-5-11-7-8/h1,3,5,7H,2,4,6,10H2,(H,12,13). The Balaban J connectivity index is 2.65. The van der Waals surface area contributed by atoms with Gasteiger partial charge < -0.3 is 5.73 Å². The number of carbonyl (C=O) groups is 1. The van der Waals surface area contributed by atoms with E-state index in [1.807, 2.05) is 4.72 Å². The van der Waals surface area contributed by atoms with Crippen LogP contribution < -0.4 is 10.5 Å². The van der Waals surface area contributed by atoms with Crippen molar-refractivity contribution in [2.24, 2.45) is 5.73 Å². The van der Waals surface area contributed by atoms with E-state index in [0.717, 1.165) is 0 Å². The number of sulfonamides is 1. The van der Waals surface area contributed by atoms with Crippen LogP contribution in [0, 0.1) is 0 Å². The lowest BCUT2D eigenvalue weighted by Gasteiger charge is -2.05. The van der Waals surface area contributed by atoms with Crippen LogP contribution in [0.3, 0.4) is 0 Å². The number of carbonyl (C=O) groups excluding carboxylic acids is 1. The Labute approximate surface area is 93.9 Å². The van der Waals surface area contributed by atoms with Crippen molar-refractivity contribution in [1.29, 1.82) is 0 Å². The maximum absolute atomic E-state index is 11.5. The number of rotatable bonds is 5. The van der Waals surface area contributed by atoms with Crippen LogP contribution >= 0.6 is 0 Å². The second-order valence-corrected chi connectivity index (χ2v) is 4.98. The van der Waals surface area contributed by atoms with Gasteiger partial charge >= 0.3 is 0 Å². The van der Waals surface area contributed by atoms with Crippen LogP contribution in [0.25, 0.3) is 0 Å². The highest BCUT2D eigenvalue weighted by Crippen LogP contribution is 1.97. The van der Waals surface area contributed by atoms with Crippen molar-refractivity contribution in [2.75, 3.05) is 12.3 Å². The van der Waals surface area contributed by atoms with E-state index in [9.17, 15) is 13.2 Å². The zero-order valence-electron chi connectivity index (χ0n) is 8.59. The van der Waals surface area contributed by atoms with Crippen molar-refractivity contribution < 1.29 is 13.2 Å². The molecule has 0 aliphatic heterocycles. The molecule has 1 heterocycles. The third-order valence-electron chi connectivity index (χ3n) is 1.79. The summed E-state index contributed by atoms with van der Waals surface area (Å²) in [4.78, 5) is 15.2. The van der Waals surface area contributed by atoms with Gasteiger partial charge in [-0.2, -0.15) is 0 Å². The van der Waals surface area contributed by atoms with Gasteiger partial charge in [-0.25, -0.2) is 13.1 Å². The Hall–Kier alpha value is -1.47. The van der Waals surface area contributed by atoms with Gasteiger partial charge in [0.05, 0.1) is 11.3 Å². The minimum Gasteiger partial charge on any atom is -0.330 e. The SMILES string of the molecule is NCCCS(=O)(=O)NC(=O)c1cccnc1. The first-order chi connectivity index (χ1) is 7.55. The summed E-state index contributed by atoms with van der Waals surface area (Å²) in [6.45, 7) is 0.266. The fourth-order valence-electron chi connectivity index (χ4n) is 1.02. The first-order valence-electron chi connectivity index (χ1n) is 4.70. The quantitative estimate of drug-likeness (QED) is 0.725. The molecular weight excluding hydrogens is 230 g/mol. The van der Waals surface area contributed by atoms with Crippen LogP contribution in [0.15, 0.2) is 24.5 Å². The molecular formula is C9H13N3O3S. The maximum Gasteiger partial charge on any atom is 0.266 e. The van der Waals surface area contributed by atoms with Crippen LogP contribution in [0.1, 0.15) is 16.8 Å². The zero-order chi connectivity index (χ0) is 12.0. The predicted molar refractivity (Wildman–Crippen MR) is 59.2 cm³/mol. The van der Waals surface area contributed by atoms with Crippen molar-refractivity contribution in [2.45, 2.75) is 6.42 Å². The molecule has 0 unspecified atom stereocenters. The van der Waals surface area contributed by atoms with Crippen molar-refractivity contribution in [3.8, 4) is 0 Å². The number of hydrogen-bond acceptors (Lipinski definition) is 5. The molecule has 1 aromatic heterocycles. The number of nitrogens with two attached hydrogens (primary N) is 1. The van der Waals surface area contributed by atoms with Gasteiger partial charge in [-0.15, -0.1) is 0 Å². The van der Waals surface area contributed by atoms with Gasteiger partial charge in [-0.3, -0.25) is 9.78 Å². The molecule has 0 fully saturated rings. The maximum atomic E-state index is 11.5. The summed E-state index contributed by atoms with van der Waals surface area (Å²) in [5.41, 5.74) is 5.40. The summed E-state index contributed by atoms with van der Waals surface area (Å²) in [6.07, 6.45) is 3.11. The van der Waals surface area contributed by atoms with E-state index < -0.39 is 15.9 Å². The van der Waals surface area contributed by atoms with E-state index in [-0.39, 0.29) is 17.9 Å². The van der Waals surface area contributed by atoms with Gasteiger partial charge in [-0.05, 0) is 25.1 Å². The van der Waals surface area contributed by atoms with Gasteiger partial charge in [0, 0.05) is 12.4 Å². The van der Waals surface area contributed by atoms with E-state index in [2.05, 4.69) is 4.98 Å². The van der Waals surface area contributed by atoms with Crippen LogP contribution in [0.2, 0.25) is 0 Å². The smallest absolute Gasteiger partial charge is 0.266 e. The summed E-state index contributed by atoms with van der Waals surface area (Å²) in [6, 6.07) is 3.04. The Kier molecular flexibility index (Phi) is 4.39. The molecule has 0 bridgehead atoms. The average Bonchev–Trinajstić information content (AvgIpc) is 2.27. The van der Waals surface area contributed by atoms with Crippen LogP contribution in [0.4, 0.5) is 0 Å². The monoisotopic (exact) mass is 243 g/mol. The number of nitrogens with zero attached hydrogens (tertiary/aromatic N) is 1. The van der Waals surface area contributed by atoms with Crippen molar-refractivity contribution in [3.05, 3.63) is 30.1 Å². The number of aromatic nitrogens is 1. The number of nitrogens with one attached hydrogen (secondary N) is 1. The third kappa shape index (κ3) is 3.95. The molecule has 1 amide bonds. The number of pyridine rings is 1. The molecule has 0 saturated carbocycles. The Morgan fingerprint density at radius 2 is 2.25 bits per heavy atom. The van der Waals surface area contributed by atoms with Crippen LogP contribution in [-0.2, 0) is 10.0 Å². The first-order valence-corrected chi connectivity index (χ1v) is 6.35. The molecule has 1 aromatic rings. The lowest BCUT2D eigenvalue weighted by Crippen LogP contribution is -2.33. The molecule has 88 valence electrons. The Bertz CT molecular complexity index is 444. The van der Waals surface area contributed by atoms with E-state index in [4.69, 9.17) is 5.73 Å². The summed E-state index contributed by atoms with van der Waals surface area (Å²) < 4.78 is 24.7. The first kappa shape index (κ1) is 12.6. The molecule has 0 aliphatic rings. The summed E-state index contributed by atoms with van der Waals surface area (Å²) in [5.74, 6) is -0.833. The van der Waals surface area contributed by atoms with Crippen LogP contribution in [-0.4, -0.2) is 31.6 Å². The predicted octanol–water partition coefficient (Wildman–Crippen LogP) is -0.510. The summed E-state index contributed by atoms with van der Waals surface area (Å²) >= 11 is 0. The third-order valence-corrected chi connectivity index (χ3v) is 3.11. The summed E-state index contributed by atoms with van der Waals surface area (Å²) in [5, 5.41) is 0. The van der Waals surface area contributed by atoms with Crippen molar-refractivity contribution in [1.82, 2.24) is 9.71 Å². The molecule has 6 nitrogen and oxygen atoms in total. The number of hydrogen-bond donors (Lipinski definition) is 2. The second kappa shape index (κ2) is 5.57. The van der Waals surface area contributed by atoms with Crippen LogP contribution in [0.5, 0.6) is 0 Å². The lowest BCUT2D eigenvalue weighted by atomic mass is 10.3. The van der Waals surface area contributed by atoms with E-state index in [1.165, 1.54) is 18.5 Å². The number of amides is 1. The van der Waals surface area contributed by atoms with Gasteiger partial charge in [-0.1, -0.05) is 0 Å². The topological polar surface area (TPSA) is 102 Å². The van der Waals surface area contributed by atoms with Gasteiger partial charge in [0.1, 0.15) is 0 Å². The van der Waals surface area contributed by atoms with Gasteiger partial charge in [0.15, 0.2) is 0 Å². The fraction of sp³-hybridized carbons (Fsp3) is 0.333. The molecule has 1 rings (SSSR count). The molecule has 0 atom stereocenters. The minimum atomic E-state index is -3.60. The highest BCUT2D eigenvalue weighted by molar-refractivity contribution is 7.90. The minimum absolute atomic E-state index is 0.157. The zero-order valence-corrected chi connectivity index (χ0v) is 9.40.